The predicted octanol–water partition coefficient (Wildman–Crippen LogP) is 8.26. The van der Waals surface area contributed by atoms with Gasteiger partial charge < -0.3 is 18.9 Å². The zero-order chi connectivity index (χ0) is 26.1. The Bertz CT molecular complexity index is 888. The van der Waals surface area contributed by atoms with Gasteiger partial charge in [-0.15, -0.1) is 0 Å². The van der Waals surface area contributed by atoms with Crippen LogP contribution >= 0.6 is 0 Å². The molecule has 7 nitrogen and oxygen atoms in total. The lowest BCUT2D eigenvalue weighted by Crippen LogP contribution is -2.14. The standard InChI is InChI=1S/C30H44N2O5/c1-3-5-7-9-11-12-14-16-27-28(36-27)37-30(33)35-26-19-17-24(18-20-26)25-22-31-29(32-23-25)34-21-15-13-10-8-6-4-2/h17-20,22-23,27-28H,3-16,21H2,1-2H3/t27-,28+/m0/s1. The first-order valence-corrected chi connectivity index (χ1v) is 14.3. The van der Waals surface area contributed by atoms with Gasteiger partial charge in [0, 0.05) is 18.0 Å². The largest absolute Gasteiger partial charge is 0.516 e. The van der Waals surface area contributed by atoms with Crippen molar-refractivity contribution in [2.24, 2.45) is 0 Å². The van der Waals surface area contributed by atoms with Gasteiger partial charge in [-0.25, -0.2) is 14.8 Å². The molecule has 37 heavy (non-hydrogen) atoms. The topological polar surface area (TPSA) is 83.1 Å². The van der Waals surface area contributed by atoms with Crippen LogP contribution in [0.1, 0.15) is 104 Å². The molecule has 1 saturated heterocycles. The van der Waals surface area contributed by atoms with Gasteiger partial charge in [0.15, 0.2) is 0 Å². The van der Waals surface area contributed by atoms with Crippen LogP contribution < -0.4 is 9.47 Å². The van der Waals surface area contributed by atoms with Gasteiger partial charge >= 0.3 is 12.2 Å². The van der Waals surface area contributed by atoms with Crippen molar-refractivity contribution in [1.82, 2.24) is 9.97 Å². The molecule has 2 atom stereocenters. The fraction of sp³-hybridized carbons (Fsp3) is 0.633. The number of epoxide rings is 1. The van der Waals surface area contributed by atoms with Gasteiger partial charge in [0.2, 0.25) is 6.29 Å². The molecule has 0 bridgehead atoms. The van der Waals surface area contributed by atoms with Crippen molar-refractivity contribution < 1.29 is 23.7 Å². The Morgan fingerprint density at radius 3 is 2.03 bits per heavy atom. The molecule has 0 aliphatic carbocycles. The Balaban J connectivity index is 1.29. The Kier molecular flexibility index (Phi) is 13.2. The summed E-state index contributed by atoms with van der Waals surface area (Å²) in [6, 6.07) is 7.56. The summed E-state index contributed by atoms with van der Waals surface area (Å²) in [7, 11) is 0. The van der Waals surface area contributed by atoms with Gasteiger partial charge in [-0.1, -0.05) is 103 Å². The highest BCUT2D eigenvalue weighted by molar-refractivity contribution is 5.66. The monoisotopic (exact) mass is 512 g/mol. The first-order chi connectivity index (χ1) is 18.2. The lowest BCUT2D eigenvalue weighted by atomic mass is 10.1. The number of rotatable bonds is 19. The van der Waals surface area contributed by atoms with E-state index in [4.69, 9.17) is 18.9 Å². The first-order valence-electron chi connectivity index (χ1n) is 14.3. The zero-order valence-corrected chi connectivity index (χ0v) is 22.7. The minimum atomic E-state index is -0.741. The molecule has 1 aliphatic rings. The third-order valence-electron chi connectivity index (χ3n) is 6.59. The third-order valence-corrected chi connectivity index (χ3v) is 6.59. The fourth-order valence-corrected chi connectivity index (χ4v) is 4.25. The average molecular weight is 513 g/mol. The van der Waals surface area contributed by atoms with Crippen LogP contribution in [0.15, 0.2) is 36.7 Å². The normalized spacial score (nSPS) is 16.4. The van der Waals surface area contributed by atoms with Crippen LogP contribution in [0.5, 0.6) is 11.8 Å². The van der Waals surface area contributed by atoms with Gasteiger partial charge in [0.05, 0.1) is 6.61 Å². The zero-order valence-electron chi connectivity index (χ0n) is 22.7. The molecule has 0 radical (unpaired) electrons. The van der Waals surface area contributed by atoms with Crippen molar-refractivity contribution in [2.75, 3.05) is 6.61 Å². The van der Waals surface area contributed by atoms with E-state index in [0.717, 1.165) is 30.4 Å². The van der Waals surface area contributed by atoms with Crippen molar-refractivity contribution >= 4 is 6.16 Å². The molecule has 1 aliphatic heterocycles. The Labute approximate surface area is 222 Å². The van der Waals surface area contributed by atoms with Gasteiger partial charge in [-0.05, 0) is 30.5 Å². The van der Waals surface area contributed by atoms with Crippen molar-refractivity contribution in [2.45, 2.75) is 116 Å². The summed E-state index contributed by atoms with van der Waals surface area (Å²) >= 11 is 0. The van der Waals surface area contributed by atoms with Crippen molar-refractivity contribution in [3.05, 3.63) is 36.7 Å². The highest BCUT2D eigenvalue weighted by Crippen LogP contribution is 2.29. The van der Waals surface area contributed by atoms with Gasteiger partial charge in [0.1, 0.15) is 11.9 Å². The van der Waals surface area contributed by atoms with Crippen molar-refractivity contribution in [3.63, 3.8) is 0 Å². The molecule has 3 rings (SSSR count). The summed E-state index contributed by atoms with van der Waals surface area (Å²) in [6.45, 7) is 5.09. The lowest BCUT2D eigenvalue weighted by Gasteiger charge is -2.07. The second-order valence-electron chi connectivity index (χ2n) is 9.82. The summed E-state index contributed by atoms with van der Waals surface area (Å²) < 4.78 is 21.7. The molecule has 0 amide bonds. The maximum atomic E-state index is 12.1. The second-order valence-corrected chi connectivity index (χ2v) is 9.82. The molecule has 0 unspecified atom stereocenters. The summed E-state index contributed by atoms with van der Waals surface area (Å²) in [5, 5.41) is 0. The predicted molar refractivity (Wildman–Crippen MR) is 145 cm³/mol. The van der Waals surface area contributed by atoms with E-state index in [1.807, 2.05) is 12.1 Å². The number of unbranched alkanes of at least 4 members (excludes halogenated alkanes) is 11. The molecule has 1 aromatic carbocycles. The number of hydrogen-bond donors (Lipinski definition) is 0. The van der Waals surface area contributed by atoms with E-state index in [1.54, 1.807) is 24.5 Å². The first kappa shape index (κ1) is 28.9. The van der Waals surface area contributed by atoms with E-state index in [2.05, 4.69) is 23.8 Å². The molecule has 0 N–H and O–H groups in total. The minimum absolute atomic E-state index is 0.00307. The molecule has 7 heteroatoms. The number of ether oxygens (including phenoxy) is 4. The summed E-state index contributed by atoms with van der Waals surface area (Å²) in [5.74, 6) is 0.415. The number of aromatic nitrogens is 2. The van der Waals surface area contributed by atoms with E-state index in [1.165, 1.54) is 70.6 Å². The van der Waals surface area contributed by atoms with Crippen LogP contribution in [-0.4, -0.2) is 35.1 Å². The van der Waals surface area contributed by atoms with E-state index in [0.29, 0.717) is 18.4 Å². The van der Waals surface area contributed by atoms with Crippen LogP contribution in [0.25, 0.3) is 11.1 Å². The SMILES string of the molecule is CCCCCCCCC[C@@H]1O[C@@H]1OC(=O)Oc1ccc(-c2cnc(OCCCCCCCC)nc2)cc1. The molecular weight excluding hydrogens is 468 g/mol. The molecular formula is C30H44N2O5. The molecule has 2 heterocycles. The van der Waals surface area contributed by atoms with Gasteiger partial charge in [-0.2, -0.15) is 0 Å². The molecule has 2 aromatic rings. The van der Waals surface area contributed by atoms with Crippen LogP contribution in [0.2, 0.25) is 0 Å². The van der Waals surface area contributed by atoms with Gasteiger partial charge in [0.25, 0.3) is 0 Å². The van der Waals surface area contributed by atoms with Crippen molar-refractivity contribution in [1.29, 1.82) is 0 Å². The minimum Gasteiger partial charge on any atom is -0.463 e. The smallest absolute Gasteiger partial charge is 0.463 e. The highest BCUT2D eigenvalue weighted by Gasteiger charge is 2.42. The molecule has 0 saturated carbocycles. The van der Waals surface area contributed by atoms with Crippen LogP contribution in [0.3, 0.4) is 0 Å². The number of benzene rings is 1. The maximum absolute atomic E-state index is 12.1. The summed E-state index contributed by atoms with van der Waals surface area (Å²) in [4.78, 5) is 20.7. The maximum Gasteiger partial charge on any atom is 0.516 e. The van der Waals surface area contributed by atoms with E-state index in [-0.39, 0.29) is 6.10 Å². The average Bonchev–Trinajstić information content (AvgIpc) is 3.65. The van der Waals surface area contributed by atoms with E-state index < -0.39 is 12.4 Å². The summed E-state index contributed by atoms with van der Waals surface area (Å²) in [6.07, 6.45) is 19.3. The van der Waals surface area contributed by atoms with E-state index in [9.17, 15) is 4.79 Å². The molecule has 0 spiro atoms. The van der Waals surface area contributed by atoms with Crippen LogP contribution in [-0.2, 0) is 9.47 Å². The Morgan fingerprint density at radius 1 is 0.784 bits per heavy atom. The highest BCUT2D eigenvalue weighted by atomic mass is 16.8. The van der Waals surface area contributed by atoms with Crippen molar-refractivity contribution in [3.8, 4) is 22.9 Å². The van der Waals surface area contributed by atoms with Gasteiger partial charge in [-0.3, -0.25) is 0 Å². The Morgan fingerprint density at radius 2 is 1.38 bits per heavy atom. The van der Waals surface area contributed by atoms with Crippen LogP contribution in [0, 0.1) is 0 Å². The number of nitrogens with zero attached hydrogens (tertiary/aromatic N) is 2. The number of carbonyl (C=O) groups is 1. The molecule has 1 aromatic heterocycles. The number of carbonyl (C=O) groups excluding carboxylic acids is 1. The quantitative estimate of drug-likeness (QED) is 0.0810. The number of hydrogen-bond acceptors (Lipinski definition) is 7. The molecule has 1 fully saturated rings. The fourth-order valence-electron chi connectivity index (χ4n) is 4.25. The summed E-state index contributed by atoms with van der Waals surface area (Å²) in [5.41, 5.74) is 1.78. The second kappa shape index (κ2) is 17.0. The Hall–Kier alpha value is -2.67. The third kappa shape index (κ3) is 11.5. The van der Waals surface area contributed by atoms with Crippen LogP contribution in [0.4, 0.5) is 4.79 Å². The van der Waals surface area contributed by atoms with E-state index >= 15 is 0 Å². The lowest BCUT2D eigenvalue weighted by molar-refractivity contribution is 0.0562. The molecule has 204 valence electrons.